The van der Waals surface area contributed by atoms with E-state index in [1.165, 1.54) is 0 Å². The monoisotopic (exact) mass is 329 g/mol. The lowest BCUT2D eigenvalue weighted by molar-refractivity contribution is -0.132. The summed E-state index contributed by atoms with van der Waals surface area (Å²) in [7, 11) is 0. The number of hydrogen-bond donors (Lipinski definition) is 2. The lowest BCUT2D eigenvalue weighted by Crippen LogP contribution is -2.44. The van der Waals surface area contributed by atoms with E-state index in [0.29, 0.717) is 13.0 Å². The molecule has 0 bridgehead atoms. The van der Waals surface area contributed by atoms with Crippen LogP contribution in [0.15, 0.2) is 18.2 Å². The number of aryl methyl sites for hydroxylation is 2. The number of nitrogens with zero attached hydrogens (tertiary/aromatic N) is 1. The highest BCUT2D eigenvalue weighted by Gasteiger charge is 2.38. The Kier molecular flexibility index (Phi) is 4.90. The Hall–Kier alpha value is -1.88. The van der Waals surface area contributed by atoms with Gasteiger partial charge in [0.25, 0.3) is 0 Å². The van der Waals surface area contributed by atoms with Gasteiger partial charge in [-0.3, -0.25) is 9.59 Å². The summed E-state index contributed by atoms with van der Waals surface area (Å²) < 4.78 is 0. The number of amides is 2. The van der Waals surface area contributed by atoms with E-state index in [2.05, 4.69) is 11.4 Å². The van der Waals surface area contributed by atoms with Crippen LogP contribution in [0.4, 0.5) is 5.69 Å². The zero-order valence-electron chi connectivity index (χ0n) is 14.5. The van der Waals surface area contributed by atoms with Gasteiger partial charge >= 0.3 is 0 Å². The van der Waals surface area contributed by atoms with E-state index in [4.69, 9.17) is 5.73 Å². The number of nitrogens with one attached hydrogen (secondary N) is 1. The zero-order chi connectivity index (χ0) is 17.3. The van der Waals surface area contributed by atoms with E-state index < -0.39 is 5.92 Å². The Morgan fingerprint density at radius 3 is 2.33 bits per heavy atom. The quantitative estimate of drug-likeness (QED) is 0.833. The highest BCUT2D eigenvalue weighted by molar-refractivity contribution is 6.09. The van der Waals surface area contributed by atoms with Gasteiger partial charge in [0.15, 0.2) is 0 Å². The van der Waals surface area contributed by atoms with Gasteiger partial charge in [0, 0.05) is 24.3 Å². The molecule has 2 aliphatic rings. The third kappa shape index (κ3) is 3.61. The molecule has 3 N–H and O–H groups in total. The summed E-state index contributed by atoms with van der Waals surface area (Å²) in [6, 6.07) is 6.52. The molecule has 3 rings (SSSR count). The SMILES string of the molecule is Cc1cc(C)cc(N2CCC(C(=O)NC3CCC(N)CC3)C2=O)c1. The second-order valence-corrected chi connectivity index (χ2v) is 7.30. The molecule has 5 heteroatoms. The molecule has 130 valence electrons. The van der Waals surface area contributed by atoms with Crippen molar-refractivity contribution < 1.29 is 9.59 Å². The third-order valence-corrected chi connectivity index (χ3v) is 5.16. The van der Waals surface area contributed by atoms with Crippen LogP contribution in [0.25, 0.3) is 0 Å². The normalized spacial score (nSPS) is 27.4. The molecule has 0 radical (unpaired) electrons. The van der Waals surface area contributed by atoms with Crippen LogP contribution in [-0.2, 0) is 9.59 Å². The zero-order valence-corrected chi connectivity index (χ0v) is 14.5. The molecule has 0 aromatic heterocycles. The summed E-state index contributed by atoms with van der Waals surface area (Å²) in [5.74, 6) is -0.751. The van der Waals surface area contributed by atoms with Gasteiger partial charge in [0.2, 0.25) is 11.8 Å². The Balaban J connectivity index is 1.64. The average Bonchev–Trinajstić information content (AvgIpc) is 2.90. The molecule has 1 heterocycles. The van der Waals surface area contributed by atoms with Crippen LogP contribution < -0.4 is 16.0 Å². The minimum atomic E-state index is -0.554. The molecule has 24 heavy (non-hydrogen) atoms. The standard InChI is InChI=1S/C19H27N3O2/c1-12-9-13(2)11-16(10-12)22-8-7-17(19(22)24)18(23)21-15-5-3-14(20)4-6-15/h9-11,14-15,17H,3-8,20H2,1-2H3,(H,21,23). The molecule has 1 saturated heterocycles. The van der Waals surface area contributed by atoms with Crippen LogP contribution in [0.1, 0.15) is 43.2 Å². The van der Waals surface area contributed by atoms with Gasteiger partial charge in [-0.2, -0.15) is 0 Å². The summed E-state index contributed by atoms with van der Waals surface area (Å²) in [6.45, 7) is 4.65. The van der Waals surface area contributed by atoms with Crippen molar-refractivity contribution in [2.75, 3.05) is 11.4 Å². The second-order valence-electron chi connectivity index (χ2n) is 7.30. The van der Waals surface area contributed by atoms with Gasteiger partial charge in [0.1, 0.15) is 5.92 Å². The molecule has 1 aliphatic heterocycles. The first-order valence-corrected chi connectivity index (χ1v) is 8.89. The molecule has 2 amide bonds. The fourth-order valence-corrected chi connectivity index (χ4v) is 3.85. The van der Waals surface area contributed by atoms with Crippen molar-refractivity contribution in [2.24, 2.45) is 11.7 Å². The minimum absolute atomic E-state index is 0.0787. The van der Waals surface area contributed by atoms with Crippen molar-refractivity contribution in [3.63, 3.8) is 0 Å². The topological polar surface area (TPSA) is 75.4 Å². The summed E-state index contributed by atoms with van der Waals surface area (Å²) in [5, 5.41) is 3.06. The van der Waals surface area contributed by atoms with Gasteiger partial charge in [-0.15, -0.1) is 0 Å². The predicted molar refractivity (Wildman–Crippen MR) is 94.8 cm³/mol. The minimum Gasteiger partial charge on any atom is -0.353 e. The Morgan fingerprint density at radius 1 is 1.08 bits per heavy atom. The van der Waals surface area contributed by atoms with E-state index in [1.807, 2.05) is 26.0 Å². The molecular weight excluding hydrogens is 302 g/mol. The van der Waals surface area contributed by atoms with E-state index in [-0.39, 0.29) is 23.9 Å². The lowest BCUT2D eigenvalue weighted by atomic mass is 9.91. The van der Waals surface area contributed by atoms with Gasteiger partial charge in [-0.25, -0.2) is 0 Å². The molecular formula is C19H27N3O2. The fraction of sp³-hybridized carbons (Fsp3) is 0.579. The highest BCUT2D eigenvalue weighted by Crippen LogP contribution is 2.27. The summed E-state index contributed by atoms with van der Waals surface area (Å²) in [5.41, 5.74) is 9.06. The molecule has 1 aromatic rings. The summed E-state index contributed by atoms with van der Waals surface area (Å²) >= 11 is 0. The summed E-state index contributed by atoms with van der Waals surface area (Å²) in [4.78, 5) is 27.0. The van der Waals surface area contributed by atoms with Crippen LogP contribution in [0.3, 0.4) is 0 Å². The van der Waals surface area contributed by atoms with Gasteiger partial charge in [-0.1, -0.05) is 6.07 Å². The van der Waals surface area contributed by atoms with E-state index >= 15 is 0 Å². The molecule has 2 fully saturated rings. The van der Waals surface area contributed by atoms with Gasteiger partial charge in [0.05, 0.1) is 0 Å². The van der Waals surface area contributed by atoms with Crippen LogP contribution >= 0.6 is 0 Å². The van der Waals surface area contributed by atoms with E-state index in [9.17, 15) is 9.59 Å². The number of rotatable bonds is 3. The van der Waals surface area contributed by atoms with Gasteiger partial charge < -0.3 is 16.0 Å². The maximum atomic E-state index is 12.7. The van der Waals surface area contributed by atoms with Crippen molar-refractivity contribution >= 4 is 17.5 Å². The number of nitrogens with two attached hydrogens (primary N) is 1. The smallest absolute Gasteiger partial charge is 0.239 e. The lowest BCUT2D eigenvalue weighted by Gasteiger charge is -2.27. The molecule has 5 nitrogen and oxygen atoms in total. The van der Waals surface area contributed by atoms with E-state index in [0.717, 1.165) is 42.5 Å². The molecule has 0 spiro atoms. The third-order valence-electron chi connectivity index (χ3n) is 5.16. The maximum Gasteiger partial charge on any atom is 0.239 e. The number of carbonyl (C=O) groups is 2. The largest absolute Gasteiger partial charge is 0.353 e. The fourth-order valence-electron chi connectivity index (χ4n) is 3.85. The van der Waals surface area contributed by atoms with Crippen molar-refractivity contribution in [2.45, 2.75) is 58.0 Å². The first-order chi connectivity index (χ1) is 11.4. The first kappa shape index (κ1) is 17.0. The Labute approximate surface area is 143 Å². The van der Waals surface area contributed by atoms with Crippen molar-refractivity contribution in [1.29, 1.82) is 0 Å². The van der Waals surface area contributed by atoms with Crippen LogP contribution in [0.5, 0.6) is 0 Å². The van der Waals surface area contributed by atoms with E-state index in [1.54, 1.807) is 4.90 Å². The van der Waals surface area contributed by atoms with Crippen LogP contribution in [0, 0.1) is 19.8 Å². The van der Waals surface area contributed by atoms with Gasteiger partial charge in [-0.05, 0) is 69.2 Å². The molecule has 1 saturated carbocycles. The maximum absolute atomic E-state index is 12.7. The summed E-state index contributed by atoms with van der Waals surface area (Å²) in [6.07, 6.45) is 4.30. The molecule has 1 aliphatic carbocycles. The van der Waals surface area contributed by atoms with Crippen LogP contribution in [0.2, 0.25) is 0 Å². The number of anilines is 1. The number of carbonyl (C=O) groups excluding carboxylic acids is 2. The van der Waals surface area contributed by atoms with Crippen molar-refractivity contribution in [3.05, 3.63) is 29.3 Å². The number of hydrogen-bond acceptors (Lipinski definition) is 3. The van der Waals surface area contributed by atoms with Crippen LogP contribution in [-0.4, -0.2) is 30.4 Å². The average molecular weight is 329 g/mol. The second kappa shape index (κ2) is 6.93. The Bertz CT molecular complexity index is 615. The predicted octanol–water partition coefficient (Wildman–Crippen LogP) is 2.04. The highest BCUT2D eigenvalue weighted by atomic mass is 16.2. The van der Waals surface area contributed by atoms with Crippen molar-refractivity contribution in [1.82, 2.24) is 5.32 Å². The molecule has 1 aromatic carbocycles. The molecule has 1 atom stereocenters. The molecule has 1 unspecified atom stereocenters. The van der Waals surface area contributed by atoms with Crippen molar-refractivity contribution in [3.8, 4) is 0 Å². The first-order valence-electron chi connectivity index (χ1n) is 8.89. The number of benzene rings is 1. The Morgan fingerprint density at radius 2 is 1.71 bits per heavy atom.